The summed E-state index contributed by atoms with van der Waals surface area (Å²) in [6.07, 6.45) is 1.50. The Morgan fingerprint density at radius 3 is 2.50 bits per heavy atom. The Balaban J connectivity index is 2.45. The van der Waals surface area contributed by atoms with E-state index in [0.717, 1.165) is 18.4 Å². The fraction of sp³-hybridized carbons (Fsp3) is 0.417. The number of Topliss-reactive ketones (excluding diaryl/α,β-unsaturated/α-hetero) is 1. The van der Waals surface area contributed by atoms with Gasteiger partial charge in [0.15, 0.2) is 17.3 Å². The lowest BCUT2D eigenvalue weighted by molar-refractivity contribution is 0.0853. The molecule has 1 aromatic rings. The number of nitrogens with zero attached hydrogens (tertiary/aromatic N) is 1. The maximum absolute atomic E-state index is 12.1. The zero-order valence-corrected chi connectivity index (χ0v) is 9.40. The fourth-order valence-electron chi connectivity index (χ4n) is 2.15. The number of likely N-dealkylation sites (N-methyl/N-ethyl adjacent to an activating group) is 1. The van der Waals surface area contributed by atoms with Crippen molar-refractivity contribution in [2.75, 3.05) is 14.1 Å². The van der Waals surface area contributed by atoms with Crippen molar-refractivity contribution in [3.63, 3.8) is 0 Å². The van der Waals surface area contributed by atoms with E-state index in [9.17, 15) is 15.0 Å². The molecule has 0 heterocycles. The highest BCUT2D eigenvalue weighted by Gasteiger charge is 2.29. The highest BCUT2D eigenvalue weighted by molar-refractivity contribution is 6.02. The van der Waals surface area contributed by atoms with E-state index < -0.39 is 0 Å². The quantitative estimate of drug-likeness (QED) is 0.698. The number of phenolic OH excluding ortho intramolecular Hbond substituents is 2. The number of aromatic hydroxyl groups is 2. The van der Waals surface area contributed by atoms with E-state index >= 15 is 0 Å². The molecule has 0 fully saturated rings. The first-order valence-electron chi connectivity index (χ1n) is 5.26. The number of carbonyl (C=O) groups excluding carboxylic acids is 1. The molecule has 2 N–H and O–H groups in total. The topological polar surface area (TPSA) is 60.8 Å². The summed E-state index contributed by atoms with van der Waals surface area (Å²) >= 11 is 0. The number of hydrogen-bond donors (Lipinski definition) is 2. The smallest absolute Gasteiger partial charge is 0.180 e. The van der Waals surface area contributed by atoms with Crippen LogP contribution in [-0.2, 0) is 6.42 Å². The predicted molar refractivity (Wildman–Crippen MR) is 59.9 cm³/mol. The first kappa shape index (κ1) is 11.0. The van der Waals surface area contributed by atoms with Gasteiger partial charge < -0.3 is 10.2 Å². The lowest BCUT2D eigenvalue weighted by atomic mass is 9.86. The largest absolute Gasteiger partial charge is 0.504 e. The Hall–Kier alpha value is -1.55. The molecule has 0 aliphatic heterocycles. The van der Waals surface area contributed by atoms with Crippen LogP contribution < -0.4 is 0 Å². The molecule has 0 spiro atoms. The summed E-state index contributed by atoms with van der Waals surface area (Å²) in [6, 6.07) is 2.72. The number of fused-ring (bicyclic) bond motifs is 1. The molecule has 0 radical (unpaired) electrons. The van der Waals surface area contributed by atoms with Gasteiger partial charge in [-0.1, -0.05) is 0 Å². The maximum Gasteiger partial charge on any atom is 0.180 e. The first-order chi connectivity index (χ1) is 7.50. The van der Waals surface area contributed by atoms with Crippen LogP contribution in [0.5, 0.6) is 11.5 Å². The van der Waals surface area contributed by atoms with Gasteiger partial charge in [0.05, 0.1) is 6.04 Å². The van der Waals surface area contributed by atoms with Crippen LogP contribution >= 0.6 is 0 Å². The van der Waals surface area contributed by atoms with Crippen LogP contribution in [-0.4, -0.2) is 41.0 Å². The Labute approximate surface area is 94.1 Å². The molecule has 0 saturated carbocycles. The van der Waals surface area contributed by atoms with Crippen molar-refractivity contribution in [3.05, 3.63) is 23.3 Å². The van der Waals surface area contributed by atoms with Gasteiger partial charge in [0.25, 0.3) is 0 Å². The van der Waals surface area contributed by atoms with E-state index in [0.29, 0.717) is 5.56 Å². The van der Waals surface area contributed by atoms with Gasteiger partial charge in [0.1, 0.15) is 0 Å². The Kier molecular flexibility index (Phi) is 2.59. The lowest BCUT2D eigenvalue weighted by Crippen LogP contribution is -2.39. The van der Waals surface area contributed by atoms with E-state index in [1.54, 1.807) is 0 Å². The number of phenols is 2. The van der Waals surface area contributed by atoms with E-state index in [4.69, 9.17) is 0 Å². The number of aryl methyl sites for hydroxylation is 1. The monoisotopic (exact) mass is 221 g/mol. The summed E-state index contributed by atoms with van der Waals surface area (Å²) in [5, 5.41) is 18.8. The zero-order chi connectivity index (χ0) is 11.9. The zero-order valence-electron chi connectivity index (χ0n) is 9.40. The van der Waals surface area contributed by atoms with E-state index in [1.807, 2.05) is 19.0 Å². The van der Waals surface area contributed by atoms with Gasteiger partial charge in [-0.15, -0.1) is 0 Å². The minimum Gasteiger partial charge on any atom is -0.504 e. The molecular formula is C12H15NO3. The Bertz CT molecular complexity index is 440. The molecule has 1 atom stereocenters. The third-order valence-corrected chi connectivity index (χ3v) is 3.08. The Morgan fingerprint density at radius 1 is 1.25 bits per heavy atom. The third kappa shape index (κ3) is 1.65. The van der Waals surface area contributed by atoms with Crippen molar-refractivity contribution in [1.29, 1.82) is 0 Å². The van der Waals surface area contributed by atoms with E-state index in [2.05, 4.69) is 0 Å². The molecule has 0 bridgehead atoms. The number of ketones is 1. The molecule has 1 aliphatic rings. The number of rotatable bonds is 1. The Morgan fingerprint density at radius 2 is 1.88 bits per heavy atom. The third-order valence-electron chi connectivity index (χ3n) is 3.08. The van der Waals surface area contributed by atoms with Crippen molar-refractivity contribution >= 4 is 5.78 Å². The SMILES string of the molecule is CN(C)C1CCc2cc(O)c(O)cc2C1=O. The molecule has 1 aliphatic carbocycles. The number of benzene rings is 1. The van der Waals surface area contributed by atoms with Gasteiger partial charge in [-0.25, -0.2) is 0 Å². The van der Waals surface area contributed by atoms with Crippen molar-refractivity contribution < 1.29 is 15.0 Å². The van der Waals surface area contributed by atoms with Crippen LogP contribution in [0.15, 0.2) is 12.1 Å². The van der Waals surface area contributed by atoms with E-state index in [1.165, 1.54) is 12.1 Å². The van der Waals surface area contributed by atoms with Gasteiger partial charge in [0, 0.05) is 5.56 Å². The van der Waals surface area contributed by atoms with Gasteiger partial charge in [0.2, 0.25) is 0 Å². The molecule has 0 saturated heterocycles. The van der Waals surface area contributed by atoms with Crippen molar-refractivity contribution in [2.24, 2.45) is 0 Å². The van der Waals surface area contributed by atoms with Crippen LogP contribution in [0.25, 0.3) is 0 Å². The molecule has 2 rings (SSSR count). The van der Waals surface area contributed by atoms with Crippen LogP contribution in [0.3, 0.4) is 0 Å². The van der Waals surface area contributed by atoms with Gasteiger partial charge in [-0.3, -0.25) is 9.69 Å². The summed E-state index contributed by atoms with van der Waals surface area (Å²) in [5.74, 6) is -0.372. The first-order valence-corrected chi connectivity index (χ1v) is 5.26. The van der Waals surface area contributed by atoms with Crippen LogP contribution in [0.2, 0.25) is 0 Å². The highest BCUT2D eigenvalue weighted by atomic mass is 16.3. The highest BCUT2D eigenvalue weighted by Crippen LogP contribution is 2.33. The second-order valence-corrected chi connectivity index (χ2v) is 4.38. The molecule has 4 heteroatoms. The second kappa shape index (κ2) is 3.79. The van der Waals surface area contributed by atoms with Crippen LogP contribution in [0.1, 0.15) is 22.3 Å². The fourth-order valence-corrected chi connectivity index (χ4v) is 2.15. The molecular weight excluding hydrogens is 206 g/mol. The van der Waals surface area contributed by atoms with Crippen LogP contribution in [0, 0.1) is 0 Å². The minimum absolute atomic E-state index is 0.0153. The standard InChI is InChI=1S/C12H15NO3/c1-13(2)9-4-3-7-5-10(14)11(15)6-8(7)12(9)16/h5-6,9,14-15H,3-4H2,1-2H3. The average Bonchev–Trinajstić information content (AvgIpc) is 2.21. The maximum atomic E-state index is 12.1. The normalized spacial score (nSPS) is 19.9. The molecule has 16 heavy (non-hydrogen) atoms. The molecule has 0 aromatic heterocycles. The molecule has 4 nitrogen and oxygen atoms in total. The number of carbonyl (C=O) groups is 1. The van der Waals surface area contributed by atoms with Gasteiger partial charge >= 0.3 is 0 Å². The second-order valence-electron chi connectivity index (χ2n) is 4.38. The van der Waals surface area contributed by atoms with E-state index in [-0.39, 0.29) is 23.3 Å². The summed E-state index contributed by atoms with van der Waals surface area (Å²) < 4.78 is 0. The van der Waals surface area contributed by atoms with Crippen LogP contribution in [0.4, 0.5) is 0 Å². The van der Waals surface area contributed by atoms with Gasteiger partial charge in [-0.05, 0) is 44.6 Å². The molecule has 86 valence electrons. The molecule has 1 aromatic carbocycles. The number of hydrogen-bond acceptors (Lipinski definition) is 4. The lowest BCUT2D eigenvalue weighted by Gasteiger charge is -2.28. The summed E-state index contributed by atoms with van der Waals surface area (Å²) in [7, 11) is 3.74. The average molecular weight is 221 g/mol. The summed E-state index contributed by atoms with van der Waals surface area (Å²) in [4.78, 5) is 14.0. The minimum atomic E-state index is -0.230. The molecule has 0 amide bonds. The van der Waals surface area contributed by atoms with Gasteiger partial charge in [-0.2, -0.15) is 0 Å². The van der Waals surface area contributed by atoms with Crippen molar-refractivity contribution in [2.45, 2.75) is 18.9 Å². The summed E-state index contributed by atoms with van der Waals surface area (Å²) in [5.41, 5.74) is 1.35. The van der Waals surface area contributed by atoms with Crippen molar-refractivity contribution in [3.8, 4) is 11.5 Å². The predicted octanol–water partition coefficient (Wildman–Crippen LogP) is 1.16. The summed E-state index contributed by atoms with van der Waals surface area (Å²) in [6.45, 7) is 0. The van der Waals surface area contributed by atoms with Crippen molar-refractivity contribution in [1.82, 2.24) is 4.90 Å². The molecule has 1 unspecified atom stereocenters.